The Kier molecular flexibility index (Phi) is 3.28. The lowest BCUT2D eigenvalue weighted by molar-refractivity contribution is 0.104. The number of thiophene rings is 1. The number of ketones is 1. The quantitative estimate of drug-likeness (QED) is 0.760. The molecule has 0 N–H and O–H groups in total. The number of benzene rings is 1. The predicted molar refractivity (Wildman–Crippen MR) is 73.7 cm³/mol. The number of carbonyl (C=O) groups excluding carboxylic acids is 1. The summed E-state index contributed by atoms with van der Waals surface area (Å²) in [5, 5.41) is 0. The first kappa shape index (κ1) is 11.7. The van der Waals surface area contributed by atoms with Crippen molar-refractivity contribution in [2.45, 2.75) is 0 Å². The molecule has 1 fully saturated rings. The lowest BCUT2D eigenvalue weighted by Crippen LogP contribution is -1.97. The molecule has 1 saturated carbocycles. The summed E-state index contributed by atoms with van der Waals surface area (Å²) in [7, 11) is 0. The highest BCUT2D eigenvalue weighted by Crippen LogP contribution is 2.34. The van der Waals surface area contributed by atoms with E-state index in [1.165, 1.54) is 5.92 Å². The van der Waals surface area contributed by atoms with Gasteiger partial charge in [0.2, 0.25) is 5.78 Å². The van der Waals surface area contributed by atoms with Crippen molar-refractivity contribution in [1.82, 2.24) is 0 Å². The minimum absolute atomic E-state index is 0.0957. The fourth-order valence-corrected chi connectivity index (χ4v) is 2.86. The van der Waals surface area contributed by atoms with E-state index in [0.717, 1.165) is 15.3 Å². The van der Waals surface area contributed by atoms with Crippen LogP contribution in [0.2, 0.25) is 0 Å². The minimum Gasteiger partial charge on any atom is -0.288 e. The molecule has 1 nitrogen and oxygen atoms in total. The second-order valence-electron chi connectivity index (χ2n) is 4.03. The third-order valence-corrected chi connectivity index (χ3v) is 3.95. The summed E-state index contributed by atoms with van der Waals surface area (Å²) >= 11 is 1.54. The second kappa shape index (κ2) is 5.07. The van der Waals surface area contributed by atoms with Crippen molar-refractivity contribution < 1.29 is 4.79 Å². The van der Waals surface area contributed by atoms with E-state index in [1.54, 1.807) is 11.3 Å². The van der Waals surface area contributed by atoms with E-state index in [1.807, 2.05) is 55.3 Å². The van der Waals surface area contributed by atoms with Gasteiger partial charge in [-0.2, -0.15) is 0 Å². The third-order valence-electron chi connectivity index (χ3n) is 2.81. The molecule has 0 bridgehead atoms. The molecular formula is C16H11OS. The Balaban J connectivity index is 1.83. The molecule has 1 heterocycles. The van der Waals surface area contributed by atoms with E-state index in [2.05, 4.69) is 12.8 Å². The van der Waals surface area contributed by atoms with Gasteiger partial charge in [0.25, 0.3) is 0 Å². The van der Waals surface area contributed by atoms with Gasteiger partial charge in [-0.05, 0) is 37.8 Å². The number of rotatable bonds is 3. The molecule has 0 amide bonds. The Morgan fingerprint density at radius 2 is 1.61 bits per heavy atom. The highest BCUT2D eigenvalue weighted by Gasteiger charge is 2.21. The lowest BCUT2D eigenvalue weighted by atomic mass is 10.1. The number of hydrogen-bond acceptors (Lipinski definition) is 2. The summed E-state index contributed by atoms with van der Waals surface area (Å²) in [6.07, 6.45) is 8.13. The molecule has 2 aromatic rings. The highest BCUT2D eigenvalue weighted by atomic mass is 32.1. The van der Waals surface area contributed by atoms with Crippen molar-refractivity contribution in [2.24, 2.45) is 0 Å². The molecule has 18 heavy (non-hydrogen) atoms. The van der Waals surface area contributed by atoms with Gasteiger partial charge in [-0.1, -0.05) is 30.3 Å². The maximum absolute atomic E-state index is 12.2. The zero-order valence-corrected chi connectivity index (χ0v) is 10.5. The Labute approximate surface area is 111 Å². The highest BCUT2D eigenvalue weighted by molar-refractivity contribution is 7.14. The molecule has 1 aromatic heterocycles. The first-order valence-corrected chi connectivity index (χ1v) is 6.58. The van der Waals surface area contributed by atoms with Crippen LogP contribution < -0.4 is 0 Å². The van der Waals surface area contributed by atoms with E-state index in [9.17, 15) is 4.79 Å². The molecule has 87 valence electrons. The van der Waals surface area contributed by atoms with E-state index in [-0.39, 0.29) is 5.78 Å². The van der Waals surface area contributed by atoms with Gasteiger partial charge in [-0.15, -0.1) is 11.3 Å². The normalized spacial score (nSPS) is 16.0. The van der Waals surface area contributed by atoms with Crippen LogP contribution in [0.1, 0.15) is 20.1 Å². The smallest absolute Gasteiger partial charge is 0.202 e. The van der Waals surface area contributed by atoms with Crippen LogP contribution in [0.3, 0.4) is 0 Å². The van der Waals surface area contributed by atoms with Crippen LogP contribution in [0.15, 0.2) is 42.5 Å². The summed E-state index contributed by atoms with van der Waals surface area (Å²) in [6.45, 7) is 0. The average molecular weight is 251 g/mol. The van der Waals surface area contributed by atoms with E-state index in [4.69, 9.17) is 0 Å². The fraction of sp³-hybridized carbons (Fsp3) is 0. The molecule has 1 aromatic carbocycles. The van der Waals surface area contributed by atoms with Crippen molar-refractivity contribution in [3.63, 3.8) is 0 Å². The van der Waals surface area contributed by atoms with Crippen LogP contribution in [-0.2, 0) is 0 Å². The molecule has 0 spiro atoms. The van der Waals surface area contributed by atoms with Crippen LogP contribution in [0.5, 0.6) is 0 Å². The fourth-order valence-electron chi connectivity index (χ4n) is 1.89. The minimum atomic E-state index is 0.0957. The molecule has 1 aliphatic rings. The van der Waals surface area contributed by atoms with Gasteiger partial charge in [-0.3, -0.25) is 4.79 Å². The van der Waals surface area contributed by atoms with Crippen LogP contribution >= 0.6 is 11.3 Å². The Morgan fingerprint density at radius 1 is 0.889 bits per heavy atom. The molecule has 0 aliphatic heterocycles. The number of hydrogen-bond donors (Lipinski definition) is 0. The van der Waals surface area contributed by atoms with Crippen LogP contribution in [-0.4, -0.2) is 5.78 Å². The van der Waals surface area contributed by atoms with Gasteiger partial charge in [0, 0.05) is 16.4 Å². The zero-order chi connectivity index (χ0) is 12.4. The molecule has 3 rings (SSSR count). The SMILES string of the molecule is O=C(c1ccccc1)c1ccc([C]2[CH][CH][CH][CH]2)s1. The molecular weight excluding hydrogens is 240 g/mol. The average Bonchev–Trinajstić information content (AvgIpc) is 3.09. The standard InChI is InChI=1S/C16H11OS/c17-16(13-8-2-1-3-9-13)15-11-10-14(18-15)12-6-4-5-7-12/h1-11H. The number of carbonyl (C=O) groups is 1. The summed E-state index contributed by atoms with van der Waals surface area (Å²) in [5.74, 6) is 1.27. The zero-order valence-electron chi connectivity index (χ0n) is 9.67. The Morgan fingerprint density at radius 3 is 2.33 bits per heavy atom. The molecule has 0 atom stereocenters. The third kappa shape index (κ3) is 2.25. The molecule has 0 unspecified atom stereocenters. The van der Waals surface area contributed by atoms with Crippen molar-refractivity contribution in [3.05, 3.63) is 89.4 Å². The Bertz CT molecular complexity index is 535. The molecule has 2 heteroatoms. The van der Waals surface area contributed by atoms with Crippen LogP contribution in [0.25, 0.3) is 0 Å². The summed E-state index contributed by atoms with van der Waals surface area (Å²) in [4.78, 5) is 14.2. The van der Waals surface area contributed by atoms with Gasteiger partial charge in [0.1, 0.15) is 0 Å². The van der Waals surface area contributed by atoms with E-state index in [0.29, 0.717) is 0 Å². The lowest BCUT2D eigenvalue weighted by Gasteiger charge is -2.02. The summed E-state index contributed by atoms with van der Waals surface area (Å²) in [6, 6.07) is 13.3. The van der Waals surface area contributed by atoms with E-state index < -0.39 is 0 Å². The van der Waals surface area contributed by atoms with Crippen LogP contribution in [0, 0.1) is 31.6 Å². The maximum atomic E-state index is 12.2. The monoisotopic (exact) mass is 251 g/mol. The second-order valence-corrected chi connectivity index (χ2v) is 5.12. The summed E-state index contributed by atoms with van der Waals surface area (Å²) in [5.41, 5.74) is 0.744. The topological polar surface area (TPSA) is 17.1 Å². The van der Waals surface area contributed by atoms with Crippen LogP contribution in [0.4, 0.5) is 0 Å². The van der Waals surface area contributed by atoms with E-state index >= 15 is 0 Å². The molecule has 5 radical (unpaired) electrons. The maximum Gasteiger partial charge on any atom is 0.202 e. The van der Waals surface area contributed by atoms with Crippen molar-refractivity contribution in [2.75, 3.05) is 0 Å². The Hall–Kier alpha value is -1.41. The first-order valence-electron chi connectivity index (χ1n) is 5.76. The molecule has 0 saturated heterocycles. The van der Waals surface area contributed by atoms with Crippen molar-refractivity contribution >= 4 is 17.1 Å². The molecule has 1 aliphatic carbocycles. The summed E-state index contributed by atoms with van der Waals surface area (Å²) < 4.78 is 0. The predicted octanol–water partition coefficient (Wildman–Crippen LogP) is 3.73. The first-order chi connectivity index (χ1) is 8.84. The van der Waals surface area contributed by atoms with Gasteiger partial charge in [0.05, 0.1) is 4.88 Å². The van der Waals surface area contributed by atoms with Gasteiger partial charge in [-0.25, -0.2) is 0 Å². The van der Waals surface area contributed by atoms with Crippen molar-refractivity contribution in [3.8, 4) is 0 Å². The van der Waals surface area contributed by atoms with Gasteiger partial charge >= 0.3 is 0 Å². The largest absolute Gasteiger partial charge is 0.288 e. The van der Waals surface area contributed by atoms with Crippen molar-refractivity contribution in [1.29, 1.82) is 0 Å². The van der Waals surface area contributed by atoms with Gasteiger partial charge in [0.15, 0.2) is 0 Å². The van der Waals surface area contributed by atoms with Gasteiger partial charge < -0.3 is 0 Å².